The second-order valence-electron chi connectivity index (χ2n) is 7.70. The minimum absolute atomic E-state index is 0.0469. The molecule has 0 N–H and O–H groups in total. The van der Waals surface area contributed by atoms with Crippen molar-refractivity contribution in [3.63, 3.8) is 0 Å². The van der Waals surface area contributed by atoms with Crippen LogP contribution in [0.2, 0.25) is 0 Å². The monoisotopic (exact) mass is 438 g/mol. The second-order valence-corrected chi connectivity index (χ2v) is 8.59. The van der Waals surface area contributed by atoms with E-state index < -0.39 is 5.95 Å². The number of pyridine rings is 1. The van der Waals surface area contributed by atoms with E-state index in [2.05, 4.69) is 53.4 Å². The van der Waals surface area contributed by atoms with E-state index in [-0.39, 0.29) is 11.5 Å². The van der Waals surface area contributed by atoms with Gasteiger partial charge in [-0.3, -0.25) is 4.79 Å². The number of hydrogen-bond donors (Lipinski definition) is 0. The third-order valence-corrected chi connectivity index (χ3v) is 6.94. The van der Waals surface area contributed by atoms with Gasteiger partial charge < -0.3 is 9.80 Å². The Hall–Kier alpha value is -2.80. The van der Waals surface area contributed by atoms with Crippen molar-refractivity contribution in [2.45, 2.75) is 32.6 Å². The molecule has 1 aromatic carbocycles. The summed E-state index contributed by atoms with van der Waals surface area (Å²) in [6.07, 6.45) is 3.03. The van der Waals surface area contributed by atoms with E-state index in [1.54, 1.807) is 22.3 Å². The molecular weight excluding hydrogens is 411 g/mol. The van der Waals surface area contributed by atoms with Gasteiger partial charge in [0, 0.05) is 54.9 Å². The SMILES string of the molecule is CCN(CC)c1ccc(-c2csc(C3CCN(C(=O)c4cccnc4F)CC3)n2)cc1. The van der Waals surface area contributed by atoms with Crippen LogP contribution in [0.1, 0.15) is 48.0 Å². The number of anilines is 1. The summed E-state index contributed by atoms with van der Waals surface area (Å²) < 4.78 is 13.8. The molecule has 0 bridgehead atoms. The number of carbonyl (C=O) groups is 1. The number of hydrogen-bond acceptors (Lipinski definition) is 5. The molecule has 5 nitrogen and oxygen atoms in total. The number of piperidine rings is 1. The summed E-state index contributed by atoms with van der Waals surface area (Å²) in [4.78, 5) is 25.1. The molecule has 4 rings (SSSR count). The van der Waals surface area contributed by atoms with E-state index >= 15 is 0 Å². The molecule has 1 amide bonds. The summed E-state index contributed by atoms with van der Waals surface area (Å²) in [5, 5.41) is 3.23. The van der Waals surface area contributed by atoms with Gasteiger partial charge in [0.2, 0.25) is 5.95 Å². The fourth-order valence-corrected chi connectivity index (χ4v) is 5.09. The molecule has 0 atom stereocenters. The molecular formula is C24H27FN4OS. The van der Waals surface area contributed by atoms with Crippen molar-refractivity contribution in [2.24, 2.45) is 0 Å². The highest BCUT2D eigenvalue weighted by Gasteiger charge is 2.27. The number of benzene rings is 1. The average molecular weight is 439 g/mol. The fraction of sp³-hybridized carbons (Fsp3) is 0.375. The van der Waals surface area contributed by atoms with Crippen molar-refractivity contribution in [2.75, 3.05) is 31.1 Å². The summed E-state index contributed by atoms with van der Waals surface area (Å²) in [5.74, 6) is -0.653. The van der Waals surface area contributed by atoms with E-state index in [9.17, 15) is 9.18 Å². The lowest BCUT2D eigenvalue weighted by atomic mass is 9.97. The van der Waals surface area contributed by atoms with Gasteiger partial charge in [-0.1, -0.05) is 12.1 Å². The zero-order valence-electron chi connectivity index (χ0n) is 17.9. The van der Waals surface area contributed by atoms with Gasteiger partial charge in [0.25, 0.3) is 5.91 Å². The van der Waals surface area contributed by atoms with E-state index in [0.29, 0.717) is 19.0 Å². The molecule has 7 heteroatoms. The number of nitrogens with zero attached hydrogens (tertiary/aromatic N) is 4. The van der Waals surface area contributed by atoms with Gasteiger partial charge in [-0.05, 0) is 51.0 Å². The van der Waals surface area contributed by atoms with Crippen LogP contribution >= 0.6 is 11.3 Å². The van der Waals surface area contributed by atoms with Crippen molar-refractivity contribution >= 4 is 22.9 Å². The molecule has 1 fully saturated rings. The zero-order valence-corrected chi connectivity index (χ0v) is 18.7. The van der Waals surface area contributed by atoms with E-state index in [1.165, 1.54) is 18.0 Å². The standard InChI is InChI=1S/C24H27FN4OS/c1-3-28(4-2)19-9-7-17(8-10-19)21-16-31-23(27-21)18-11-14-29(15-12-18)24(30)20-6-5-13-26-22(20)25/h5-10,13,16,18H,3-4,11-12,14-15H2,1-2H3. The lowest BCUT2D eigenvalue weighted by Gasteiger charge is -2.31. The summed E-state index contributed by atoms with van der Waals surface area (Å²) in [7, 11) is 0. The van der Waals surface area contributed by atoms with Crippen LogP contribution in [-0.4, -0.2) is 47.0 Å². The largest absolute Gasteiger partial charge is 0.372 e. The molecule has 31 heavy (non-hydrogen) atoms. The molecule has 1 saturated heterocycles. The first-order chi connectivity index (χ1) is 15.1. The Labute approximate surface area is 186 Å². The molecule has 3 heterocycles. The Morgan fingerprint density at radius 2 is 1.87 bits per heavy atom. The predicted molar refractivity (Wildman–Crippen MR) is 123 cm³/mol. The Morgan fingerprint density at radius 1 is 1.16 bits per heavy atom. The Balaban J connectivity index is 1.39. The fourth-order valence-electron chi connectivity index (χ4n) is 4.08. The first-order valence-corrected chi connectivity index (χ1v) is 11.7. The van der Waals surface area contributed by atoms with E-state index in [1.807, 2.05) is 0 Å². The molecule has 162 valence electrons. The minimum Gasteiger partial charge on any atom is -0.372 e. The first-order valence-electron chi connectivity index (χ1n) is 10.8. The number of rotatable bonds is 6. The molecule has 0 spiro atoms. The summed E-state index contributed by atoms with van der Waals surface area (Å²) in [6, 6.07) is 11.7. The number of thiazole rings is 1. The van der Waals surface area contributed by atoms with E-state index in [4.69, 9.17) is 4.98 Å². The van der Waals surface area contributed by atoms with Crippen LogP contribution in [-0.2, 0) is 0 Å². The number of carbonyl (C=O) groups excluding carboxylic acids is 1. The highest BCUT2D eigenvalue weighted by atomic mass is 32.1. The number of halogens is 1. The number of likely N-dealkylation sites (tertiary alicyclic amines) is 1. The maximum atomic E-state index is 13.8. The van der Waals surface area contributed by atoms with Crippen molar-refractivity contribution in [1.29, 1.82) is 0 Å². The molecule has 0 aliphatic carbocycles. The molecule has 2 aromatic heterocycles. The third-order valence-electron chi connectivity index (χ3n) is 5.93. The highest BCUT2D eigenvalue weighted by Crippen LogP contribution is 2.33. The number of amides is 1. The van der Waals surface area contributed by atoms with Gasteiger partial charge in [-0.15, -0.1) is 11.3 Å². The summed E-state index contributed by atoms with van der Waals surface area (Å²) in [6.45, 7) is 7.51. The van der Waals surface area contributed by atoms with Gasteiger partial charge >= 0.3 is 0 Å². The van der Waals surface area contributed by atoms with E-state index in [0.717, 1.165) is 42.2 Å². The maximum Gasteiger partial charge on any atom is 0.258 e. The normalized spacial score (nSPS) is 14.6. The lowest BCUT2D eigenvalue weighted by Crippen LogP contribution is -2.38. The van der Waals surface area contributed by atoms with Gasteiger partial charge in [-0.25, -0.2) is 9.97 Å². The van der Waals surface area contributed by atoms with Crippen LogP contribution in [0, 0.1) is 5.95 Å². The van der Waals surface area contributed by atoms with Gasteiger partial charge in [-0.2, -0.15) is 4.39 Å². The average Bonchev–Trinajstić information content (AvgIpc) is 3.31. The molecule has 0 unspecified atom stereocenters. The quantitative estimate of drug-likeness (QED) is 0.496. The van der Waals surface area contributed by atoms with Crippen molar-refractivity contribution in [3.05, 3.63) is 64.5 Å². The van der Waals surface area contributed by atoms with Gasteiger partial charge in [0.1, 0.15) is 0 Å². The van der Waals surface area contributed by atoms with Crippen molar-refractivity contribution in [3.8, 4) is 11.3 Å². The topological polar surface area (TPSA) is 49.3 Å². The molecule has 0 saturated carbocycles. The van der Waals surface area contributed by atoms with Crippen LogP contribution in [0.3, 0.4) is 0 Å². The van der Waals surface area contributed by atoms with Crippen LogP contribution in [0.4, 0.5) is 10.1 Å². The number of aromatic nitrogens is 2. The summed E-state index contributed by atoms with van der Waals surface area (Å²) in [5.41, 5.74) is 3.40. The molecule has 1 aliphatic heterocycles. The van der Waals surface area contributed by atoms with Crippen LogP contribution < -0.4 is 4.90 Å². The second kappa shape index (κ2) is 9.56. The lowest BCUT2D eigenvalue weighted by molar-refractivity contribution is 0.0707. The first kappa shape index (κ1) is 21.4. The third kappa shape index (κ3) is 4.61. The predicted octanol–water partition coefficient (Wildman–Crippen LogP) is 5.21. The smallest absolute Gasteiger partial charge is 0.258 e. The zero-order chi connectivity index (χ0) is 21.8. The van der Waals surface area contributed by atoms with Gasteiger partial charge in [0.15, 0.2) is 0 Å². The van der Waals surface area contributed by atoms with Crippen molar-refractivity contribution < 1.29 is 9.18 Å². The Morgan fingerprint density at radius 3 is 2.52 bits per heavy atom. The van der Waals surface area contributed by atoms with Crippen LogP contribution in [0.25, 0.3) is 11.3 Å². The van der Waals surface area contributed by atoms with Crippen molar-refractivity contribution in [1.82, 2.24) is 14.9 Å². The Bertz CT molecular complexity index is 1020. The van der Waals surface area contributed by atoms with Crippen LogP contribution in [0.15, 0.2) is 48.0 Å². The molecule has 3 aromatic rings. The Kier molecular flexibility index (Phi) is 6.61. The maximum absolute atomic E-state index is 13.8. The summed E-state index contributed by atoms with van der Waals surface area (Å²) >= 11 is 1.68. The van der Waals surface area contributed by atoms with Crippen LogP contribution in [0.5, 0.6) is 0 Å². The molecule has 0 radical (unpaired) electrons. The highest BCUT2D eigenvalue weighted by molar-refractivity contribution is 7.10. The van der Waals surface area contributed by atoms with Gasteiger partial charge in [0.05, 0.1) is 16.3 Å². The molecule has 1 aliphatic rings. The minimum atomic E-state index is -0.703.